The smallest absolute Gasteiger partial charge is 0.227 e. The molecule has 0 aliphatic rings. The summed E-state index contributed by atoms with van der Waals surface area (Å²) in [5.41, 5.74) is 1.82. The van der Waals surface area contributed by atoms with Gasteiger partial charge in [-0.25, -0.2) is 9.37 Å². The number of nitrogens with one attached hydrogen (secondary N) is 1. The fourth-order valence-electron chi connectivity index (χ4n) is 2.55. The normalized spacial score (nSPS) is 10.5. The molecule has 0 radical (unpaired) electrons. The fourth-order valence-corrected chi connectivity index (χ4v) is 2.55. The summed E-state index contributed by atoms with van der Waals surface area (Å²) < 4.78 is 13.7. The molecule has 0 aliphatic heterocycles. The molecule has 128 valence electrons. The van der Waals surface area contributed by atoms with Gasteiger partial charge in [0, 0.05) is 31.4 Å². The van der Waals surface area contributed by atoms with Crippen LogP contribution in [0.1, 0.15) is 18.1 Å². The second-order valence-electron chi connectivity index (χ2n) is 5.69. The first-order valence-electron chi connectivity index (χ1n) is 8.35. The van der Waals surface area contributed by atoms with Crippen LogP contribution in [0.2, 0.25) is 0 Å². The molecule has 3 aromatic rings. The van der Waals surface area contributed by atoms with E-state index in [1.165, 1.54) is 11.6 Å². The number of halogens is 1. The Morgan fingerprint density at radius 1 is 1.00 bits per heavy atom. The van der Waals surface area contributed by atoms with Crippen molar-refractivity contribution in [1.82, 2.24) is 9.97 Å². The molecule has 2 aromatic carbocycles. The lowest BCUT2D eigenvalue weighted by Crippen LogP contribution is -2.24. The third kappa shape index (κ3) is 4.53. The van der Waals surface area contributed by atoms with Crippen LogP contribution < -0.4 is 10.2 Å². The van der Waals surface area contributed by atoms with E-state index in [2.05, 4.69) is 39.2 Å². The highest BCUT2D eigenvalue weighted by molar-refractivity contribution is 5.42. The largest absolute Gasteiger partial charge is 0.366 e. The van der Waals surface area contributed by atoms with Gasteiger partial charge in [0.25, 0.3) is 0 Å². The standard InChI is InChI=1S/C20H21FN4/c1-2-25(15-16-8-4-3-5-9-16)20-22-13-12-19(24-20)23-14-17-10-6-7-11-18(17)21/h3-13H,2,14-15H2,1H3,(H,22,23,24). The monoisotopic (exact) mass is 336 g/mol. The predicted molar refractivity (Wildman–Crippen MR) is 98.9 cm³/mol. The summed E-state index contributed by atoms with van der Waals surface area (Å²) in [6.45, 7) is 4.00. The third-order valence-corrected chi connectivity index (χ3v) is 3.94. The molecule has 0 saturated heterocycles. The van der Waals surface area contributed by atoms with E-state index in [4.69, 9.17) is 0 Å². The van der Waals surface area contributed by atoms with Gasteiger partial charge < -0.3 is 10.2 Å². The molecule has 0 fully saturated rings. The summed E-state index contributed by atoms with van der Waals surface area (Å²) in [7, 11) is 0. The number of hydrogen-bond acceptors (Lipinski definition) is 4. The van der Waals surface area contributed by atoms with E-state index in [-0.39, 0.29) is 5.82 Å². The number of nitrogens with zero attached hydrogens (tertiary/aromatic N) is 3. The van der Waals surface area contributed by atoms with Crippen LogP contribution in [-0.4, -0.2) is 16.5 Å². The summed E-state index contributed by atoms with van der Waals surface area (Å²) in [4.78, 5) is 11.0. The summed E-state index contributed by atoms with van der Waals surface area (Å²) in [5, 5.41) is 3.17. The highest BCUT2D eigenvalue weighted by atomic mass is 19.1. The second-order valence-corrected chi connectivity index (χ2v) is 5.69. The molecule has 1 N–H and O–H groups in total. The molecular formula is C20H21FN4. The molecule has 3 rings (SSSR count). The van der Waals surface area contributed by atoms with Crippen LogP contribution in [0.3, 0.4) is 0 Å². The Morgan fingerprint density at radius 2 is 1.76 bits per heavy atom. The quantitative estimate of drug-likeness (QED) is 0.700. The Balaban J connectivity index is 1.70. The number of rotatable bonds is 7. The molecule has 0 amide bonds. The highest BCUT2D eigenvalue weighted by Gasteiger charge is 2.09. The van der Waals surface area contributed by atoms with Gasteiger partial charge >= 0.3 is 0 Å². The SMILES string of the molecule is CCN(Cc1ccccc1)c1nccc(NCc2ccccc2F)n1. The minimum Gasteiger partial charge on any atom is -0.366 e. The van der Waals surface area contributed by atoms with Crippen LogP contribution in [-0.2, 0) is 13.1 Å². The average Bonchev–Trinajstić information content (AvgIpc) is 2.66. The van der Waals surface area contributed by atoms with E-state index >= 15 is 0 Å². The van der Waals surface area contributed by atoms with E-state index in [1.807, 2.05) is 24.3 Å². The van der Waals surface area contributed by atoms with Crippen LogP contribution >= 0.6 is 0 Å². The zero-order valence-corrected chi connectivity index (χ0v) is 14.2. The predicted octanol–water partition coefficient (Wildman–Crippen LogP) is 4.25. The van der Waals surface area contributed by atoms with Crippen LogP contribution in [0.5, 0.6) is 0 Å². The van der Waals surface area contributed by atoms with Crippen molar-refractivity contribution in [2.24, 2.45) is 0 Å². The first kappa shape index (κ1) is 16.9. The topological polar surface area (TPSA) is 41.1 Å². The van der Waals surface area contributed by atoms with Gasteiger partial charge in [-0.2, -0.15) is 4.98 Å². The van der Waals surface area contributed by atoms with Crippen LogP contribution in [0.4, 0.5) is 16.2 Å². The molecular weight excluding hydrogens is 315 g/mol. The van der Waals surface area contributed by atoms with Gasteiger partial charge in [0.1, 0.15) is 11.6 Å². The van der Waals surface area contributed by atoms with Gasteiger partial charge in [0.05, 0.1) is 0 Å². The lowest BCUT2D eigenvalue weighted by molar-refractivity contribution is 0.613. The van der Waals surface area contributed by atoms with Gasteiger partial charge in [-0.05, 0) is 24.6 Å². The van der Waals surface area contributed by atoms with E-state index in [1.54, 1.807) is 24.4 Å². The van der Waals surface area contributed by atoms with Gasteiger partial charge in [-0.15, -0.1) is 0 Å². The molecule has 0 spiro atoms. The molecule has 1 heterocycles. The van der Waals surface area contributed by atoms with Crippen molar-refractivity contribution in [3.05, 3.63) is 83.8 Å². The van der Waals surface area contributed by atoms with Crippen LogP contribution in [0.25, 0.3) is 0 Å². The molecule has 0 bridgehead atoms. The maximum Gasteiger partial charge on any atom is 0.227 e. The van der Waals surface area contributed by atoms with Crippen molar-refractivity contribution in [3.63, 3.8) is 0 Å². The zero-order valence-electron chi connectivity index (χ0n) is 14.2. The number of benzene rings is 2. The first-order chi connectivity index (χ1) is 12.3. The molecule has 5 heteroatoms. The number of aromatic nitrogens is 2. The van der Waals surface area contributed by atoms with Crippen LogP contribution in [0, 0.1) is 5.82 Å². The number of anilines is 2. The third-order valence-electron chi connectivity index (χ3n) is 3.94. The fraction of sp³-hybridized carbons (Fsp3) is 0.200. The van der Waals surface area contributed by atoms with E-state index in [9.17, 15) is 4.39 Å². The Bertz CT molecular complexity index is 808. The van der Waals surface area contributed by atoms with Gasteiger partial charge in [0.15, 0.2) is 0 Å². The van der Waals surface area contributed by atoms with Crippen molar-refractivity contribution in [2.45, 2.75) is 20.0 Å². The number of hydrogen-bond donors (Lipinski definition) is 1. The average molecular weight is 336 g/mol. The van der Waals surface area contributed by atoms with Gasteiger partial charge in [-0.1, -0.05) is 48.5 Å². The maximum absolute atomic E-state index is 13.7. The second kappa shape index (κ2) is 8.24. The highest BCUT2D eigenvalue weighted by Crippen LogP contribution is 2.15. The maximum atomic E-state index is 13.7. The Kier molecular flexibility index (Phi) is 5.57. The van der Waals surface area contributed by atoms with Gasteiger partial charge in [0.2, 0.25) is 5.95 Å². The van der Waals surface area contributed by atoms with E-state index in [0.717, 1.165) is 13.1 Å². The lowest BCUT2D eigenvalue weighted by atomic mass is 10.2. The summed E-state index contributed by atoms with van der Waals surface area (Å²) in [5.74, 6) is 1.12. The Morgan fingerprint density at radius 3 is 2.52 bits per heavy atom. The molecule has 0 aliphatic carbocycles. The Hall–Kier alpha value is -2.95. The zero-order chi connectivity index (χ0) is 17.5. The van der Waals surface area contributed by atoms with E-state index in [0.29, 0.717) is 23.9 Å². The minimum atomic E-state index is -0.219. The minimum absolute atomic E-state index is 0.219. The van der Waals surface area contributed by atoms with Crippen molar-refractivity contribution in [2.75, 3.05) is 16.8 Å². The Labute approximate surface area is 147 Å². The van der Waals surface area contributed by atoms with Crippen LogP contribution in [0.15, 0.2) is 66.9 Å². The molecule has 0 unspecified atom stereocenters. The first-order valence-corrected chi connectivity index (χ1v) is 8.35. The summed E-state index contributed by atoms with van der Waals surface area (Å²) in [6.07, 6.45) is 1.72. The molecule has 0 atom stereocenters. The lowest BCUT2D eigenvalue weighted by Gasteiger charge is -2.21. The van der Waals surface area contributed by atoms with Gasteiger partial charge in [-0.3, -0.25) is 0 Å². The summed E-state index contributed by atoms with van der Waals surface area (Å²) in [6, 6.07) is 18.7. The van der Waals surface area contributed by atoms with Crippen molar-refractivity contribution in [1.29, 1.82) is 0 Å². The molecule has 25 heavy (non-hydrogen) atoms. The molecule has 0 saturated carbocycles. The van der Waals surface area contributed by atoms with Crippen molar-refractivity contribution >= 4 is 11.8 Å². The molecule has 1 aromatic heterocycles. The summed E-state index contributed by atoms with van der Waals surface area (Å²) >= 11 is 0. The van der Waals surface area contributed by atoms with Crippen molar-refractivity contribution < 1.29 is 4.39 Å². The molecule has 4 nitrogen and oxygen atoms in total. The van der Waals surface area contributed by atoms with E-state index < -0.39 is 0 Å². The van der Waals surface area contributed by atoms with Crippen molar-refractivity contribution in [3.8, 4) is 0 Å².